The molecule has 4 nitrogen and oxygen atoms in total. The highest BCUT2D eigenvalue weighted by Gasteiger charge is 2.32. The number of carbonyl (C=O) groups excluding carboxylic acids is 1. The summed E-state index contributed by atoms with van der Waals surface area (Å²) in [6.07, 6.45) is 2.23. The molecule has 0 spiro atoms. The molecule has 2 heterocycles. The minimum absolute atomic E-state index is 0.101. The maximum Gasteiger partial charge on any atom is 0.256 e. The second-order valence-electron chi connectivity index (χ2n) is 7.88. The molecule has 3 aromatic rings. The maximum absolute atomic E-state index is 13.1. The Bertz CT molecular complexity index is 1150. The zero-order valence-electron chi connectivity index (χ0n) is 16.6. The SMILES string of the molecule is O=C1c2cccc3cccc(c23)C(O)N1CCN1CC=C(c2ccccc2Cl)CC1. The van der Waals surface area contributed by atoms with E-state index in [9.17, 15) is 9.90 Å². The van der Waals surface area contributed by atoms with E-state index in [4.69, 9.17) is 11.6 Å². The summed E-state index contributed by atoms with van der Waals surface area (Å²) in [6.45, 7) is 2.92. The van der Waals surface area contributed by atoms with Crippen LogP contribution in [0.15, 0.2) is 66.7 Å². The van der Waals surface area contributed by atoms with E-state index in [-0.39, 0.29) is 5.91 Å². The quantitative estimate of drug-likeness (QED) is 0.666. The van der Waals surface area contributed by atoms with Crippen LogP contribution in [0, 0.1) is 0 Å². The fourth-order valence-corrected chi connectivity index (χ4v) is 4.81. The zero-order valence-corrected chi connectivity index (χ0v) is 17.3. The van der Waals surface area contributed by atoms with Gasteiger partial charge in [0.2, 0.25) is 0 Å². The van der Waals surface area contributed by atoms with E-state index >= 15 is 0 Å². The Balaban J connectivity index is 1.30. The van der Waals surface area contributed by atoms with Crippen molar-refractivity contribution in [2.45, 2.75) is 12.6 Å². The molecule has 152 valence electrons. The highest BCUT2D eigenvalue weighted by atomic mass is 35.5. The Kier molecular flexibility index (Phi) is 5.07. The van der Waals surface area contributed by atoms with E-state index in [0.29, 0.717) is 18.7 Å². The van der Waals surface area contributed by atoms with Crippen LogP contribution >= 0.6 is 11.6 Å². The molecule has 5 rings (SSSR count). The Hall–Kier alpha value is -2.66. The first-order chi connectivity index (χ1) is 14.6. The molecule has 1 unspecified atom stereocenters. The van der Waals surface area contributed by atoms with Crippen LogP contribution < -0.4 is 0 Å². The first-order valence-electron chi connectivity index (χ1n) is 10.3. The summed E-state index contributed by atoms with van der Waals surface area (Å²) in [4.78, 5) is 17.0. The highest BCUT2D eigenvalue weighted by molar-refractivity contribution is 6.32. The number of carbonyl (C=O) groups is 1. The van der Waals surface area contributed by atoms with Gasteiger partial charge in [-0.25, -0.2) is 0 Å². The number of hydrogen-bond donors (Lipinski definition) is 1. The predicted octanol–water partition coefficient (Wildman–Crippen LogP) is 4.73. The third-order valence-electron chi connectivity index (χ3n) is 6.17. The molecule has 0 saturated carbocycles. The average Bonchev–Trinajstić information content (AvgIpc) is 2.78. The number of aliphatic hydroxyl groups excluding tert-OH is 1. The largest absolute Gasteiger partial charge is 0.369 e. The fourth-order valence-electron chi connectivity index (χ4n) is 4.55. The van der Waals surface area contributed by atoms with Crippen molar-refractivity contribution in [3.05, 3.63) is 88.5 Å². The van der Waals surface area contributed by atoms with E-state index in [1.807, 2.05) is 54.6 Å². The van der Waals surface area contributed by atoms with Gasteiger partial charge in [0.05, 0.1) is 0 Å². The van der Waals surface area contributed by atoms with Crippen LogP contribution in [0.2, 0.25) is 5.02 Å². The Labute approximate surface area is 181 Å². The van der Waals surface area contributed by atoms with Gasteiger partial charge >= 0.3 is 0 Å². The lowest BCUT2D eigenvalue weighted by molar-refractivity contribution is 0.00153. The van der Waals surface area contributed by atoms with Gasteiger partial charge in [-0.2, -0.15) is 0 Å². The molecule has 5 heteroatoms. The number of aliphatic hydroxyl groups is 1. The Morgan fingerprint density at radius 2 is 1.73 bits per heavy atom. The summed E-state index contributed by atoms with van der Waals surface area (Å²) in [7, 11) is 0. The van der Waals surface area contributed by atoms with Crippen LogP contribution in [0.5, 0.6) is 0 Å². The van der Waals surface area contributed by atoms with Crippen LogP contribution in [-0.4, -0.2) is 47.0 Å². The van der Waals surface area contributed by atoms with Crippen molar-refractivity contribution in [1.29, 1.82) is 0 Å². The van der Waals surface area contributed by atoms with Gasteiger partial charge in [0.1, 0.15) is 0 Å². The van der Waals surface area contributed by atoms with E-state index in [1.165, 1.54) is 5.57 Å². The van der Waals surface area contributed by atoms with Gasteiger partial charge < -0.3 is 10.0 Å². The lowest BCUT2D eigenvalue weighted by Gasteiger charge is -2.36. The number of rotatable bonds is 4. The molecule has 0 fully saturated rings. The van der Waals surface area contributed by atoms with Crippen LogP contribution in [-0.2, 0) is 0 Å². The highest BCUT2D eigenvalue weighted by Crippen LogP contribution is 2.35. The van der Waals surface area contributed by atoms with Crippen LogP contribution in [0.3, 0.4) is 0 Å². The monoisotopic (exact) mass is 418 g/mol. The molecule has 0 aromatic heterocycles. The van der Waals surface area contributed by atoms with E-state index in [1.54, 1.807) is 4.90 Å². The van der Waals surface area contributed by atoms with Gasteiger partial charge in [-0.15, -0.1) is 0 Å². The standard InChI is InChI=1S/C25H23ClN2O2/c26-22-10-2-1-7-19(22)17-11-13-27(14-12-17)15-16-28-24(29)20-8-3-5-18-6-4-9-21(23(18)20)25(28)30/h1-11,24,29H,12-16H2. The number of nitrogens with zero attached hydrogens (tertiary/aromatic N) is 2. The molecular formula is C25H23ClN2O2. The van der Waals surface area contributed by atoms with Crippen LogP contribution in [0.25, 0.3) is 16.3 Å². The predicted molar refractivity (Wildman–Crippen MR) is 120 cm³/mol. The molecule has 2 aliphatic rings. The van der Waals surface area contributed by atoms with Gasteiger partial charge in [-0.05, 0) is 35.1 Å². The molecule has 1 amide bonds. The molecule has 0 radical (unpaired) electrons. The summed E-state index contributed by atoms with van der Waals surface area (Å²) >= 11 is 6.34. The number of amides is 1. The smallest absolute Gasteiger partial charge is 0.256 e. The lowest BCUT2D eigenvalue weighted by atomic mass is 9.93. The zero-order chi connectivity index (χ0) is 20.7. The lowest BCUT2D eigenvalue weighted by Crippen LogP contribution is -2.43. The van der Waals surface area contributed by atoms with Crippen LogP contribution in [0.4, 0.5) is 0 Å². The second kappa shape index (κ2) is 7.88. The van der Waals surface area contributed by atoms with Crippen LogP contribution in [0.1, 0.15) is 34.1 Å². The van der Waals surface area contributed by atoms with Crippen molar-refractivity contribution in [3.8, 4) is 0 Å². The number of hydrogen-bond acceptors (Lipinski definition) is 3. The normalized spacial score (nSPS) is 19.3. The maximum atomic E-state index is 13.1. The number of halogens is 1. The van der Waals surface area contributed by atoms with Crippen molar-refractivity contribution < 1.29 is 9.90 Å². The summed E-state index contributed by atoms with van der Waals surface area (Å²) in [5.74, 6) is -0.101. The van der Waals surface area contributed by atoms with Gasteiger partial charge in [0.25, 0.3) is 5.91 Å². The third-order valence-corrected chi connectivity index (χ3v) is 6.50. The third kappa shape index (κ3) is 3.31. The Morgan fingerprint density at radius 1 is 0.967 bits per heavy atom. The first kappa shape index (κ1) is 19.3. The minimum atomic E-state index is -0.907. The molecule has 2 aliphatic heterocycles. The molecule has 1 N–H and O–H groups in total. The van der Waals surface area contributed by atoms with Gasteiger partial charge in [0.15, 0.2) is 6.23 Å². The molecule has 0 aliphatic carbocycles. The molecule has 30 heavy (non-hydrogen) atoms. The first-order valence-corrected chi connectivity index (χ1v) is 10.7. The van der Waals surface area contributed by atoms with Crippen molar-refractivity contribution in [2.24, 2.45) is 0 Å². The topological polar surface area (TPSA) is 43.8 Å². The van der Waals surface area contributed by atoms with Crippen molar-refractivity contribution in [3.63, 3.8) is 0 Å². The molecule has 1 atom stereocenters. The van der Waals surface area contributed by atoms with E-state index in [0.717, 1.165) is 46.4 Å². The molecule has 0 saturated heterocycles. The van der Waals surface area contributed by atoms with Crippen molar-refractivity contribution in [2.75, 3.05) is 26.2 Å². The summed E-state index contributed by atoms with van der Waals surface area (Å²) in [5.41, 5.74) is 3.85. The van der Waals surface area contributed by atoms with Crippen molar-refractivity contribution >= 4 is 33.9 Å². The molecule has 3 aromatic carbocycles. The van der Waals surface area contributed by atoms with E-state index < -0.39 is 6.23 Å². The Morgan fingerprint density at radius 3 is 2.50 bits per heavy atom. The van der Waals surface area contributed by atoms with Gasteiger partial charge in [-0.1, -0.05) is 66.2 Å². The van der Waals surface area contributed by atoms with Crippen molar-refractivity contribution in [1.82, 2.24) is 9.80 Å². The fraction of sp³-hybridized carbons (Fsp3) is 0.240. The summed E-state index contributed by atoms with van der Waals surface area (Å²) in [6, 6.07) is 19.5. The van der Waals surface area contributed by atoms with Gasteiger partial charge in [-0.3, -0.25) is 9.69 Å². The summed E-state index contributed by atoms with van der Waals surface area (Å²) in [5, 5.41) is 13.6. The average molecular weight is 419 g/mol. The molecule has 0 bridgehead atoms. The second-order valence-corrected chi connectivity index (χ2v) is 8.29. The number of benzene rings is 3. The summed E-state index contributed by atoms with van der Waals surface area (Å²) < 4.78 is 0. The minimum Gasteiger partial charge on any atom is -0.369 e. The molecular weight excluding hydrogens is 396 g/mol. The van der Waals surface area contributed by atoms with Gasteiger partial charge in [0, 0.05) is 47.7 Å². The van der Waals surface area contributed by atoms with E-state index in [2.05, 4.69) is 17.0 Å².